The summed E-state index contributed by atoms with van der Waals surface area (Å²) in [6.07, 6.45) is 1.97. The summed E-state index contributed by atoms with van der Waals surface area (Å²) in [5.74, 6) is -3.03. The van der Waals surface area contributed by atoms with E-state index in [-0.39, 0.29) is 17.9 Å². The highest BCUT2D eigenvalue weighted by atomic mass is 19.3. The number of halogens is 2. The van der Waals surface area contributed by atoms with Crippen molar-refractivity contribution in [2.24, 2.45) is 17.6 Å². The largest absolute Gasteiger partial charge is 0.328 e. The molecule has 0 radical (unpaired) electrons. The van der Waals surface area contributed by atoms with Gasteiger partial charge in [-0.15, -0.1) is 0 Å². The molecule has 10 heavy (non-hydrogen) atoms. The summed E-state index contributed by atoms with van der Waals surface area (Å²) >= 11 is 0. The third-order valence-corrected chi connectivity index (χ3v) is 2.77. The predicted octanol–water partition coefficient (Wildman–Crippen LogP) is 1.38. The molecule has 2 N–H and O–H groups in total. The second-order valence-electron chi connectivity index (χ2n) is 3.46. The van der Waals surface area contributed by atoms with Crippen LogP contribution in [0, 0.1) is 11.8 Å². The van der Waals surface area contributed by atoms with Crippen LogP contribution in [0.5, 0.6) is 0 Å². The Balaban J connectivity index is 2.04. The Hall–Kier alpha value is -0.180. The van der Waals surface area contributed by atoms with Crippen LogP contribution in [0.4, 0.5) is 8.78 Å². The summed E-state index contributed by atoms with van der Waals surface area (Å²) in [5.41, 5.74) is 5.54. The van der Waals surface area contributed by atoms with E-state index in [0.29, 0.717) is 12.8 Å². The van der Waals surface area contributed by atoms with E-state index in [4.69, 9.17) is 5.73 Å². The zero-order valence-electron chi connectivity index (χ0n) is 5.69. The van der Waals surface area contributed by atoms with Crippen LogP contribution in [-0.4, -0.2) is 12.0 Å². The second-order valence-corrected chi connectivity index (χ2v) is 3.46. The molecule has 2 aliphatic carbocycles. The van der Waals surface area contributed by atoms with Gasteiger partial charge >= 0.3 is 0 Å². The number of fused-ring (bicyclic) bond motifs is 1. The number of alkyl halides is 2. The van der Waals surface area contributed by atoms with Crippen molar-refractivity contribution >= 4 is 0 Å². The Morgan fingerprint density at radius 3 is 2.40 bits per heavy atom. The highest BCUT2D eigenvalue weighted by Crippen LogP contribution is 2.61. The van der Waals surface area contributed by atoms with Crippen molar-refractivity contribution in [3.63, 3.8) is 0 Å². The second kappa shape index (κ2) is 1.70. The molecule has 2 rings (SSSR count). The molecule has 2 aliphatic rings. The van der Waals surface area contributed by atoms with E-state index in [0.717, 1.165) is 6.42 Å². The fourth-order valence-electron chi connectivity index (χ4n) is 2.01. The molecule has 3 atom stereocenters. The van der Waals surface area contributed by atoms with Crippen molar-refractivity contribution in [3.05, 3.63) is 0 Å². The number of hydrogen-bond donors (Lipinski definition) is 1. The first kappa shape index (κ1) is 6.53. The van der Waals surface area contributed by atoms with Gasteiger partial charge in [0.2, 0.25) is 0 Å². The maximum absolute atomic E-state index is 12.6. The highest BCUT2D eigenvalue weighted by Gasteiger charge is 2.68. The number of hydrogen-bond acceptors (Lipinski definition) is 1. The maximum atomic E-state index is 12.6. The minimum Gasteiger partial charge on any atom is -0.328 e. The zero-order valence-corrected chi connectivity index (χ0v) is 5.69. The van der Waals surface area contributed by atoms with Crippen molar-refractivity contribution in [2.75, 3.05) is 0 Å². The summed E-state index contributed by atoms with van der Waals surface area (Å²) in [6, 6.07) is 0.0367. The van der Waals surface area contributed by atoms with Gasteiger partial charge in [0.25, 0.3) is 5.92 Å². The van der Waals surface area contributed by atoms with Crippen molar-refractivity contribution in [3.8, 4) is 0 Å². The topological polar surface area (TPSA) is 26.0 Å². The summed E-state index contributed by atoms with van der Waals surface area (Å²) < 4.78 is 25.2. The normalized spacial score (nSPS) is 50.1. The molecular weight excluding hydrogens is 136 g/mol. The third-order valence-electron chi connectivity index (χ3n) is 2.77. The first-order valence-corrected chi connectivity index (χ1v) is 3.75. The van der Waals surface area contributed by atoms with E-state index in [1.165, 1.54) is 0 Å². The van der Waals surface area contributed by atoms with E-state index in [9.17, 15) is 8.78 Å². The van der Waals surface area contributed by atoms with Gasteiger partial charge in [-0.1, -0.05) is 0 Å². The van der Waals surface area contributed by atoms with Gasteiger partial charge in [-0.2, -0.15) is 0 Å². The Morgan fingerprint density at radius 2 is 1.90 bits per heavy atom. The fraction of sp³-hybridized carbons (Fsp3) is 1.00. The Kier molecular flexibility index (Phi) is 1.11. The van der Waals surface area contributed by atoms with Crippen LogP contribution in [-0.2, 0) is 0 Å². The zero-order chi connectivity index (χ0) is 7.35. The molecule has 2 saturated carbocycles. The van der Waals surface area contributed by atoms with Crippen molar-refractivity contribution < 1.29 is 8.78 Å². The minimum absolute atomic E-state index is 0.0367. The first-order valence-electron chi connectivity index (χ1n) is 3.75. The minimum atomic E-state index is -2.35. The van der Waals surface area contributed by atoms with Crippen molar-refractivity contribution in [2.45, 2.75) is 31.2 Å². The number of nitrogens with two attached hydrogens (primary N) is 1. The highest BCUT2D eigenvalue weighted by molar-refractivity contribution is 5.08. The smallest absolute Gasteiger partial charge is 0.254 e. The molecule has 1 nitrogen and oxygen atoms in total. The molecule has 0 aliphatic heterocycles. The summed E-state index contributed by atoms with van der Waals surface area (Å²) in [5, 5.41) is 0. The van der Waals surface area contributed by atoms with Gasteiger partial charge in [-0.25, -0.2) is 8.78 Å². The van der Waals surface area contributed by atoms with Crippen LogP contribution in [0.1, 0.15) is 19.3 Å². The van der Waals surface area contributed by atoms with Gasteiger partial charge in [-0.3, -0.25) is 0 Å². The van der Waals surface area contributed by atoms with Crippen LogP contribution >= 0.6 is 0 Å². The lowest BCUT2D eigenvalue weighted by Crippen LogP contribution is -2.23. The molecule has 0 heterocycles. The average Bonchev–Trinajstić information content (AvgIpc) is 2.36. The third kappa shape index (κ3) is 0.698. The van der Waals surface area contributed by atoms with Crippen LogP contribution in [0.2, 0.25) is 0 Å². The standard InChI is InChI=1S/C7H11F2N/c8-7(9)5-2-1-4(10)3-6(5)7/h4-6H,1-3,10H2/t4-,5+,6-/m0/s1. The maximum Gasteiger partial charge on any atom is 0.254 e. The van der Waals surface area contributed by atoms with Crippen LogP contribution in [0.15, 0.2) is 0 Å². The number of rotatable bonds is 0. The van der Waals surface area contributed by atoms with Crippen LogP contribution in [0.3, 0.4) is 0 Å². The Labute approximate surface area is 58.6 Å². The molecule has 0 bridgehead atoms. The van der Waals surface area contributed by atoms with Crippen LogP contribution < -0.4 is 5.73 Å². The SMILES string of the molecule is N[C@H]1CC[C@@H]2[C@H](C1)C2(F)F. The van der Waals surface area contributed by atoms with Gasteiger partial charge in [0.1, 0.15) is 0 Å². The van der Waals surface area contributed by atoms with Gasteiger partial charge in [-0.05, 0) is 19.3 Å². The lowest BCUT2D eigenvalue weighted by molar-refractivity contribution is 0.0848. The predicted molar refractivity (Wildman–Crippen MR) is 33.8 cm³/mol. The molecule has 58 valence electrons. The molecule has 0 saturated heterocycles. The van der Waals surface area contributed by atoms with Crippen molar-refractivity contribution in [1.29, 1.82) is 0 Å². The molecule has 0 aromatic rings. The molecule has 0 aromatic carbocycles. The van der Waals surface area contributed by atoms with Gasteiger partial charge < -0.3 is 5.73 Å². The van der Waals surface area contributed by atoms with E-state index < -0.39 is 5.92 Å². The van der Waals surface area contributed by atoms with E-state index >= 15 is 0 Å². The van der Waals surface area contributed by atoms with E-state index in [2.05, 4.69) is 0 Å². The molecule has 0 unspecified atom stereocenters. The Bertz CT molecular complexity index is 158. The fourth-order valence-corrected chi connectivity index (χ4v) is 2.01. The van der Waals surface area contributed by atoms with Crippen molar-refractivity contribution in [1.82, 2.24) is 0 Å². The van der Waals surface area contributed by atoms with E-state index in [1.807, 2.05) is 0 Å². The van der Waals surface area contributed by atoms with Crippen LogP contribution in [0.25, 0.3) is 0 Å². The Morgan fingerprint density at radius 1 is 1.20 bits per heavy atom. The lowest BCUT2D eigenvalue weighted by atomic mass is 9.97. The summed E-state index contributed by atoms with van der Waals surface area (Å²) in [7, 11) is 0. The molecule has 2 fully saturated rings. The van der Waals surface area contributed by atoms with Gasteiger partial charge in [0.05, 0.1) is 0 Å². The summed E-state index contributed by atoms with van der Waals surface area (Å²) in [4.78, 5) is 0. The molecule has 3 heteroatoms. The molecule has 0 spiro atoms. The van der Waals surface area contributed by atoms with E-state index in [1.54, 1.807) is 0 Å². The molecular formula is C7H11F2N. The van der Waals surface area contributed by atoms with Gasteiger partial charge in [0.15, 0.2) is 0 Å². The monoisotopic (exact) mass is 147 g/mol. The van der Waals surface area contributed by atoms with Gasteiger partial charge in [0, 0.05) is 17.9 Å². The lowest BCUT2D eigenvalue weighted by Gasteiger charge is -2.13. The molecule has 0 amide bonds. The quantitative estimate of drug-likeness (QED) is 0.550. The summed E-state index contributed by atoms with van der Waals surface area (Å²) in [6.45, 7) is 0. The molecule has 0 aromatic heterocycles. The first-order chi connectivity index (χ1) is 4.62. The average molecular weight is 147 g/mol.